The van der Waals surface area contributed by atoms with Crippen LogP contribution in [0.15, 0.2) is 18.3 Å². The van der Waals surface area contributed by atoms with E-state index in [-0.39, 0.29) is 0 Å². The highest BCUT2D eigenvalue weighted by Crippen LogP contribution is 2.11. The van der Waals surface area contributed by atoms with Gasteiger partial charge in [-0.15, -0.1) is 0 Å². The van der Waals surface area contributed by atoms with Crippen LogP contribution >= 0.6 is 0 Å². The number of hydrogen-bond acceptors (Lipinski definition) is 2. The molecule has 0 saturated heterocycles. The molecule has 2 atom stereocenters. The minimum absolute atomic E-state index is 0.530. The fourth-order valence-corrected chi connectivity index (χ4v) is 1.98. The summed E-state index contributed by atoms with van der Waals surface area (Å²) < 4.78 is 0. The first kappa shape index (κ1) is 14.2. The topological polar surface area (TPSA) is 24.9 Å². The highest BCUT2D eigenvalue weighted by Gasteiger charge is 2.13. The second kappa shape index (κ2) is 6.75. The Morgan fingerprint density at radius 1 is 1.18 bits per heavy atom. The lowest BCUT2D eigenvalue weighted by molar-refractivity contribution is 0.370. The van der Waals surface area contributed by atoms with Gasteiger partial charge in [-0.1, -0.05) is 33.8 Å². The molecule has 0 bridgehead atoms. The third kappa shape index (κ3) is 4.86. The lowest BCUT2D eigenvalue weighted by Crippen LogP contribution is -2.37. The normalized spacial score (nSPS) is 14.9. The van der Waals surface area contributed by atoms with Gasteiger partial charge >= 0.3 is 0 Å². The van der Waals surface area contributed by atoms with E-state index in [1.165, 1.54) is 11.3 Å². The maximum absolute atomic E-state index is 4.52. The van der Waals surface area contributed by atoms with E-state index in [4.69, 9.17) is 0 Å². The summed E-state index contributed by atoms with van der Waals surface area (Å²) in [6, 6.07) is 5.43. The van der Waals surface area contributed by atoms with Crippen LogP contribution in [0.1, 0.15) is 45.9 Å². The van der Waals surface area contributed by atoms with Crippen molar-refractivity contribution in [3.05, 3.63) is 29.6 Å². The zero-order valence-corrected chi connectivity index (χ0v) is 11.8. The Bertz CT molecular complexity index is 316. The van der Waals surface area contributed by atoms with Crippen LogP contribution in [0.5, 0.6) is 0 Å². The monoisotopic (exact) mass is 234 g/mol. The lowest BCUT2D eigenvalue weighted by Gasteiger charge is -2.23. The van der Waals surface area contributed by atoms with E-state index >= 15 is 0 Å². The van der Waals surface area contributed by atoms with Gasteiger partial charge in [-0.2, -0.15) is 0 Å². The standard InChI is InChI=1S/C15H26N2/c1-6-14-7-8-15(16-10-14)9-12(4)13(5)17-11(2)3/h7-8,10-13,17H,6,9H2,1-5H3. The van der Waals surface area contributed by atoms with Crippen molar-refractivity contribution in [2.45, 2.75) is 59.5 Å². The second-order valence-electron chi connectivity index (χ2n) is 5.30. The van der Waals surface area contributed by atoms with Crippen molar-refractivity contribution in [1.82, 2.24) is 10.3 Å². The van der Waals surface area contributed by atoms with E-state index < -0.39 is 0 Å². The zero-order valence-electron chi connectivity index (χ0n) is 11.8. The van der Waals surface area contributed by atoms with Gasteiger partial charge in [-0.05, 0) is 37.3 Å². The molecule has 1 rings (SSSR count). The quantitative estimate of drug-likeness (QED) is 0.817. The Balaban J connectivity index is 2.51. The molecule has 0 fully saturated rings. The average molecular weight is 234 g/mol. The summed E-state index contributed by atoms with van der Waals surface area (Å²) >= 11 is 0. The van der Waals surface area contributed by atoms with Crippen LogP contribution in [0, 0.1) is 5.92 Å². The molecule has 0 aliphatic heterocycles. The molecular weight excluding hydrogens is 208 g/mol. The molecule has 2 heteroatoms. The number of pyridine rings is 1. The van der Waals surface area contributed by atoms with Crippen LogP contribution in [0.4, 0.5) is 0 Å². The number of nitrogens with one attached hydrogen (secondary N) is 1. The van der Waals surface area contributed by atoms with Gasteiger partial charge in [-0.3, -0.25) is 4.98 Å². The van der Waals surface area contributed by atoms with Gasteiger partial charge in [0, 0.05) is 24.0 Å². The summed E-state index contributed by atoms with van der Waals surface area (Å²) in [6.07, 6.45) is 4.11. The average Bonchev–Trinajstić information content (AvgIpc) is 2.29. The van der Waals surface area contributed by atoms with Gasteiger partial charge in [0.2, 0.25) is 0 Å². The van der Waals surface area contributed by atoms with Gasteiger partial charge in [0.15, 0.2) is 0 Å². The van der Waals surface area contributed by atoms with E-state index in [1.54, 1.807) is 0 Å². The Kier molecular flexibility index (Phi) is 5.63. The Hall–Kier alpha value is -0.890. The molecule has 0 radical (unpaired) electrons. The van der Waals surface area contributed by atoms with Crippen molar-refractivity contribution >= 4 is 0 Å². The van der Waals surface area contributed by atoms with Gasteiger partial charge in [0.1, 0.15) is 0 Å². The third-order valence-corrected chi connectivity index (χ3v) is 3.28. The number of hydrogen-bond donors (Lipinski definition) is 1. The second-order valence-corrected chi connectivity index (χ2v) is 5.30. The summed E-state index contributed by atoms with van der Waals surface area (Å²) in [6.45, 7) is 11.1. The van der Waals surface area contributed by atoms with Gasteiger partial charge < -0.3 is 5.32 Å². The highest BCUT2D eigenvalue weighted by molar-refractivity contribution is 5.14. The summed E-state index contributed by atoms with van der Waals surface area (Å²) in [5, 5.41) is 3.56. The van der Waals surface area contributed by atoms with Crippen molar-refractivity contribution in [3.63, 3.8) is 0 Å². The molecular formula is C15H26N2. The Morgan fingerprint density at radius 2 is 1.88 bits per heavy atom. The third-order valence-electron chi connectivity index (χ3n) is 3.28. The molecule has 17 heavy (non-hydrogen) atoms. The van der Waals surface area contributed by atoms with Gasteiger partial charge in [0.25, 0.3) is 0 Å². The molecule has 0 spiro atoms. The van der Waals surface area contributed by atoms with Crippen LogP contribution in [0.2, 0.25) is 0 Å². The molecule has 2 unspecified atom stereocenters. The number of aryl methyl sites for hydroxylation is 1. The van der Waals surface area contributed by atoms with E-state index in [0.29, 0.717) is 18.0 Å². The first-order chi connectivity index (χ1) is 8.02. The molecule has 1 heterocycles. The number of rotatable bonds is 6. The van der Waals surface area contributed by atoms with E-state index in [2.05, 4.69) is 57.1 Å². The van der Waals surface area contributed by atoms with Crippen LogP contribution in [-0.4, -0.2) is 17.1 Å². The predicted octanol–water partition coefficient (Wildman–Crippen LogP) is 3.21. The Labute approximate surface area is 106 Å². The van der Waals surface area contributed by atoms with E-state index in [9.17, 15) is 0 Å². The zero-order chi connectivity index (χ0) is 12.8. The summed E-state index contributed by atoms with van der Waals surface area (Å²) in [5.74, 6) is 0.609. The number of nitrogens with zero attached hydrogens (tertiary/aromatic N) is 1. The van der Waals surface area contributed by atoms with E-state index in [1.807, 2.05) is 6.20 Å². The summed E-state index contributed by atoms with van der Waals surface area (Å²) in [4.78, 5) is 4.52. The predicted molar refractivity (Wildman–Crippen MR) is 74.2 cm³/mol. The first-order valence-corrected chi connectivity index (χ1v) is 6.72. The van der Waals surface area contributed by atoms with Crippen LogP contribution in [0.3, 0.4) is 0 Å². The molecule has 0 saturated carbocycles. The molecule has 1 aromatic rings. The van der Waals surface area contributed by atoms with Gasteiger partial charge in [0.05, 0.1) is 0 Å². The fraction of sp³-hybridized carbons (Fsp3) is 0.667. The molecule has 0 amide bonds. The maximum atomic E-state index is 4.52. The molecule has 0 aliphatic carbocycles. The van der Waals surface area contributed by atoms with Crippen molar-refractivity contribution in [1.29, 1.82) is 0 Å². The molecule has 1 aromatic heterocycles. The van der Waals surface area contributed by atoms with Crippen molar-refractivity contribution in [2.24, 2.45) is 5.92 Å². The summed E-state index contributed by atoms with van der Waals surface area (Å²) in [5.41, 5.74) is 2.52. The molecule has 1 N–H and O–H groups in total. The van der Waals surface area contributed by atoms with Crippen molar-refractivity contribution in [3.8, 4) is 0 Å². The van der Waals surface area contributed by atoms with Gasteiger partial charge in [-0.25, -0.2) is 0 Å². The Morgan fingerprint density at radius 3 is 2.35 bits per heavy atom. The SMILES string of the molecule is CCc1ccc(CC(C)C(C)NC(C)C)nc1. The van der Waals surface area contributed by atoms with Crippen molar-refractivity contribution < 1.29 is 0 Å². The first-order valence-electron chi connectivity index (χ1n) is 6.72. The lowest BCUT2D eigenvalue weighted by atomic mass is 9.97. The minimum atomic E-state index is 0.530. The fourth-order valence-electron chi connectivity index (χ4n) is 1.98. The largest absolute Gasteiger partial charge is 0.312 e. The molecule has 0 aliphatic rings. The maximum Gasteiger partial charge on any atom is 0.0407 e. The molecule has 0 aromatic carbocycles. The van der Waals surface area contributed by atoms with E-state index in [0.717, 1.165) is 12.8 Å². The molecule has 96 valence electrons. The summed E-state index contributed by atoms with van der Waals surface area (Å²) in [7, 11) is 0. The minimum Gasteiger partial charge on any atom is -0.312 e. The van der Waals surface area contributed by atoms with Crippen LogP contribution < -0.4 is 5.32 Å². The smallest absolute Gasteiger partial charge is 0.0407 e. The molecule has 2 nitrogen and oxygen atoms in total. The van der Waals surface area contributed by atoms with Crippen LogP contribution in [0.25, 0.3) is 0 Å². The van der Waals surface area contributed by atoms with Crippen molar-refractivity contribution in [2.75, 3.05) is 0 Å². The number of aromatic nitrogens is 1. The van der Waals surface area contributed by atoms with Crippen LogP contribution in [-0.2, 0) is 12.8 Å². The highest BCUT2D eigenvalue weighted by atomic mass is 14.9.